The molecule has 2 aromatic rings. The van der Waals surface area contributed by atoms with Crippen LogP contribution in [0.4, 0.5) is 0 Å². The Morgan fingerprint density at radius 3 is 2.71 bits per heavy atom. The fourth-order valence-electron chi connectivity index (χ4n) is 4.22. The van der Waals surface area contributed by atoms with Gasteiger partial charge in [0, 0.05) is 23.6 Å². The minimum Gasteiger partial charge on any atom is -0.390 e. The Labute approximate surface area is 164 Å². The summed E-state index contributed by atoms with van der Waals surface area (Å²) in [6, 6.07) is 9.58. The first-order chi connectivity index (χ1) is 13.5. The summed E-state index contributed by atoms with van der Waals surface area (Å²) < 4.78 is 6.01. The van der Waals surface area contributed by atoms with E-state index in [9.17, 15) is 15.3 Å². The van der Waals surface area contributed by atoms with Crippen molar-refractivity contribution in [2.45, 2.75) is 56.7 Å². The summed E-state index contributed by atoms with van der Waals surface area (Å²) in [6.45, 7) is 1.95. The van der Waals surface area contributed by atoms with Gasteiger partial charge in [-0.05, 0) is 25.3 Å². The Hall–Kier alpha value is -2.12. The molecule has 6 heteroatoms. The van der Waals surface area contributed by atoms with Gasteiger partial charge < -0.3 is 20.1 Å². The molecule has 0 spiro atoms. The number of benzene rings is 1. The standard InChI is InChI=1S/C22H26N2O4/c1-13-16-9-7-15(8-10-17(16)24-12-23-13)21-19(26)20(27)22(28-21)18(25)11-14-5-3-2-4-6-14/h2-7,9,12,15,18-22,25-27H,8,10-11H2,1H3/t15?,18-,19+,20-,21-,22+/m0/s1. The number of rotatable bonds is 4. The molecule has 1 saturated heterocycles. The van der Waals surface area contributed by atoms with Crippen LogP contribution in [0, 0.1) is 12.8 Å². The van der Waals surface area contributed by atoms with Crippen LogP contribution in [0.2, 0.25) is 0 Å². The predicted molar refractivity (Wildman–Crippen MR) is 104 cm³/mol. The molecule has 1 fully saturated rings. The van der Waals surface area contributed by atoms with Crippen molar-refractivity contribution in [2.75, 3.05) is 0 Å². The van der Waals surface area contributed by atoms with Crippen LogP contribution in [-0.4, -0.2) is 55.8 Å². The van der Waals surface area contributed by atoms with Crippen LogP contribution < -0.4 is 0 Å². The fourth-order valence-corrected chi connectivity index (χ4v) is 4.22. The zero-order valence-electron chi connectivity index (χ0n) is 15.8. The Morgan fingerprint density at radius 2 is 1.93 bits per heavy atom. The molecule has 6 nitrogen and oxygen atoms in total. The molecule has 4 rings (SSSR count). The lowest BCUT2D eigenvalue weighted by Gasteiger charge is -2.23. The lowest BCUT2D eigenvalue weighted by Crippen LogP contribution is -2.40. The van der Waals surface area contributed by atoms with Crippen LogP contribution in [0.5, 0.6) is 0 Å². The number of aliphatic hydroxyl groups is 3. The maximum absolute atomic E-state index is 10.6. The number of hydrogen-bond donors (Lipinski definition) is 3. The van der Waals surface area contributed by atoms with E-state index in [0.717, 1.165) is 35.4 Å². The number of fused-ring (bicyclic) bond motifs is 1. The van der Waals surface area contributed by atoms with Crippen LogP contribution in [0.25, 0.3) is 6.08 Å². The van der Waals surface area contributed by atoms with E-state index in [4.69, 9.17) is 4.74 Å². The summed E-state index contributed by atoms with van der Waals surface area (Å²) in [5.41, 5.74) is 3.88. The zero-order chi connectivity index (χ0) is 19.7. The van der Waals surface area contributed by atoms with Crippen LogP contribution in [0.15, 0.2) is 42.7 Å². The molecular formula is C22H26N2O4. The molecule has 1 aromatic heterocycles. The molecule has 0 saturated carbocycles. The van der Waals surface area contributed by atoms with E-state index in [1.807, 2.05) is 49.4 Å². The molecule has 2 aliphatic rings. The lowest BCUT2D eigenvalue weighted by atomic mass is 9.91. The highest BCUT2D eigenvalue weighted by Crippen LogP contribution is 2.34. The third-order valence-electron chi connectivity index (χ3n) is 5.82. The van der Waals surface area contributed by atoms with Gasteiger partial charge in [0.2, 0.25) is 0 Å². The maximum atomic E-state index is 10.6. The van der Waals surface area contributed by atoms with Crippen LogP contribution in [0.1, 0.15) is 28.9 Å². The highest BCUT2D eigenvalue weighted by Gasteiger charge is 2.48. The molecule has 6 atom stereocenters. The van der Waals surface area contributed by atoms with Gasteiger partial charge in [-0.3, -0.25) is 0 Å². The van der Waals surface area contributed by atoms with Crippen LogP contribution in [-0.2, 0) is 17.6 Å². The van der Waals surface area contributed by atoms with Gasteiger partial charge in [-0.1, -0.05) is 42.5 Å². The summed E-state index contributed by atoms with van der Waals surface area (Å²) in [7, 11) is 0. The summed E-state index contributed by atoms with van der Waals surface area (Å²) >= 11 is 0. The summed E-state index contributed by atoms with van der Waals surface area (Å²) in [6.07, 6.45) is 2.98. The summed E-state index contributed by atoms with van der Waals surface area (Å²) in [4.78, 5) is 8.61. The highest BCUT2D eigenvalue weighted by atomic mass is 16.6. The predicted octanol–water partition coefficient (Wildman–Crippen LogP) is 1.45. The van der Waals surface area contributed by atoms with Crippen molar-refractivity contribution in [2.24, 2.45) is 5.92 Å². The van der Waals surface area contributed by atoms with E-state index in [1.165, 1.54) is 0 Å². The SMILES string of the molecule is Cc1ncnc2c1C=CC([C@@H]1O[C@H]([C@@H](O)Cc3ccccc3)[C@@H](O)[C@H]1O)CC2. The number of hydrogen-bond acceptors (Lipinski definition) is 6. The van der Waals surface area contributed by atoms with Crippen molar-refractivity contribution in [3.63, 3.8) is 0 Å². The largest absolute Gasteiger partial charge is 0.390 e. The number of aromatic nitrogens is 2. The summed E-state index contributed by atoms with van der Waals surface area (Å²) in [5.74, 6) is -0.0767. The lowest BCUT2D eigenvalue weighted by molar-refractivity contribution is -0.0729. The van der Waals surface area contributed by atoms with Gasteiger partial charge in [0.05, 0.1) is 17.9 Å². The fraction of sp³-hybridized carbons (Fsp3) is 0.455. The van der Waals surface area contributed by atoms with E-state index in [1.54, 1.807) is 6.33 Å². The maximum Gasteiger partial charge on any atom is 0.115 e. The van der Waals surface area contributed by atoms with E-state index in [0.29, 0.717) is 6.42 Å². The molecular weight excluding hydrogens is 356 g/mol. The smallest absolute Gasteiger partial charge is 0.115 e. The van der Waals surface area contributed by atoms with E-state index in [2.05, 4.69) is 9.97 Å². The minimum absolute atomic E-state index is 0.0767. The van der Waals surface area contributed by atoms with Gasteiger partial charge in [-0.2, -0.15) is 0 Å². The van der Waals surface area contributed by atoms with Gasteiger partial charge in [0.1, 0.15) is 24.6 Å². The molecule has 1 aromatic carbocycles. The molecule has 1 aliphatic heterocycles. The van der Waals surface area contributed by atoms with Crippen molar-refractivity contribution < 1.29 is 20.1 Å². The first-order valence-corrected chi connectivity index (χ1v) is 9.77. The quantitative estimate of drug-likeness (QED) is 0.741. The Bertz CT molecular complexity index is 842. The first-order valence-electron chi connectivity index (χ1n) is 9.77. The third-order valence-corrected chi connectivity index (χ3v) is 5.82. The van der Waals surface area contributed by atoms with Crippen LogP contribution in [0.3, 0.4) is 0 Å². The monoisotopic (exact) mass is 382 g/mol. The number of aryl methyl sites for hydroxylation is 2. The second kappa shape index (κ2) is 8.09. The van der Waals surface area contributed by atoms with Gasteiger partial charge in [-0.15, -0.1) is 0 Å². The molecule has 2 heterocycles. The molecule has 3 N–H and O–H groups in total. The molecule has 0 radical (unpaired) electrons. The van der Waals surface area contributed by atoms with Gasteiger partial charge >= 0.3 is 0 Å². The normalized spacial score (nSPS) is 30.6. The van der Waals surface area contributed by atoms with Crippen molar-refractivity contribution in [3.8, 4) is 0 Å². The van der Waals surface area contributed by atoms with Gasteiger partial charge in [-0.25, -0.2) is 9.97 Å². The number of aliphatic hydroxyl groups excluding tert-OH is 3. The molecule has 0 amide bonds. The zero-order valence-corrected chi connectivity index (χ0v) is 15.8. The molecule has 1 unspecified atom stereocenters. The molecule has 28 heavy (non-hydrogen) atoms. The van der Waals surface area contributed by atoms with Crippen molar-refractivity contribution in [1.29, 1.82) is 0 Å². The van der Waals surface area contributed by atoms with Crippen molar-refractivity contribution in [3.05, 3.63) is 65.2 Å². The Balaban J connectivity index is 1.47. The van der Waals surface area contributed by atoms with E-state index >= 15 is 0 Å². The van der Waals surface area contributed by atoms with Gasteiger partial charge in [0.15, 0.2) is 0 Å². The Morgan fingerprint density at radius 1 is 1.14 bits per heavy atom. The van der Waals surface area contributed by atoms with Crippen molar-refractivity contribution >= 4 is 6.08 Å². The average molecular weight is 382 g/mol. The van der Waals surface area contributed by atoms with E-state index in [-0.39, 0.29) is 5.92 Å². The number of nitrogens with zero attached hydrogens (tertiary/aromatic N) is 2. The summed E-state index contributed by atoms with van der Waals surface area (Å²) in [5, 5.41) is 31.7. The first kappa shape index (κ1) is 19.2. The second-order valence-electron chi connectivity index (χ2n) is 7.68. The second-order valence-corrected chi connectivity index (χ2v) is 7.68. The highest BCUT2D eigenvalue weighted by molar-refractivity contribution is 5.55. The number of ether oxygens (including phenoxy) is 1. The molecule has 1 aliphatic carbocycles. The molecule has 0 bridgehead atoms. The van der Waals surface area contributed by atoms with Crippen LogP contribution >= 0.6 is 0 Å². The van der Waals surface area contributed by atoms with Gasteiger partial charge in [0.25, 0.3) is 0 Å². The average Bonchev–Trinajstić information content (AvgIpc) is 2.87. The van der Waals surface area contributed by atoms with Crippen molar-refractivity contribution in [1.82, 2.24) is 9.97 Å². The molecule has 148 valence electrons. The van der Waals surface area contributed by atoms with E-state index < -0.39 is 30.5 Å². The minimum atomic E-state index is -1.12. The topological polar surface area (TPSA) is 95.7 Å². The third kappa shape index (κ3) is 3.73. The Kier molecular flexibility index (Phi) is 5.55.